The average molecular weight is 415 g/mol. The van der Waals surface area contributed by atoms with E-state index in [0.29, 0.717) is 5.56 Å². The summed E-state index contributed by atoms with van der Waals surface area (Å²) in [6.45, 7) is 0.631. The highest BCUT2D eigenvalue weighted by molar-refractivity contribution is 5.94. The van der Waals surface area contributed by atoms with Crippen LogP contribution in [0.2, 0.25) is 0 Å². The fourth-order valence-electron chi connectivity index (χ4n) is 2.51. The Balaban J connectivity index is 1.81. The molecule has 10 nitrogen and oxygen atoms in total. The number of esters is 1. The molecule has 2 aromatic carbocycles. The van der Waals surface area contributed by atoms with Gasteiger partial charge in [0.15, 0.2) is 12.4 Å². The molecular formula is C20H21N3O7. The predicted molar refractivity (Wildman–Crippen MR) is 107 cm³/mol. The summed E-state index contributed by atoms with van der Waals surface area (Å²) in [5.41, 5.74) is 1.30. The van der Waals surface area contributed by atoms with Crippen molar-refractivity contribution in [3.05, 3.63) is 63.7 Å². The highest BCUT2D eigenvalue weighted by Gasteiger charge is 2.18. The maximum atomic E-state index is 12.0. The monoisotopic (exact) mass is 415 g/mol. The molecule has 2 N–H and O–H groups in total. The SMILES string of the molecule is COc1cc(NC(=O)COC(=O)CNC(=O)Cc2ccccc2)c(C)cc1[N+](=O)[O-]. The van der Waals surface area contributed by atoms with Crippen LogP contribution in [0.3, 0.4) is 0 Å². The minimum absolute atomic E-state index is 0.0148. The summed E-state index contributed by atoms with van der Waals surface area (Å²) in [6.07, 6.45) is 0.121. The molecule has 2 aromatic rings. The molecule has 0 unspecified atom stereocenters. The number of nitro benzene ring substituents is 1. The van der Waals surface area contributed by atoms with Gasteiger partial charge in [0.25, 0.3) is 5.91 Å². The summed E-state index contributed by atoms with van der Waals surface area (Å²) in [5.74, 6) is -1.78. The number of nitro groups is 1. The Kier molecular flexibility index (Phi) is 7.86. The Hall–Kier alpha value is -3.95. The maximum absolute atomic E-state index is 12.0. The maximum Gasteiger partial charge on any atom is 0.325 e. The van der Waals surface area contributed by atoms with E-state index in [2.05, 4.69) is 10.6 Å². The molecule has 0 aromatic heterocycles. The second kappa shape index (κ2) is 10.6. The van der Waals surface area contributed by atoms with E-state index >= 15 is 0 Å². The Morgan fingerprint density at radius 2 is 1.80 bits per heavy atom. The van der Waals surface area contributed by atoms with Crippen molar-refractivity contribution >= 4 is 29.2 Å². The van der Waals surface area contributed by atoms with Crippen LogP contribution in [0.15, 0.2) is 42.5 Å². The van der Waals surface area contributed by atoms with Gasteiger partial charge in [-0.2, -0.15) is 0 Å². The highest BCUT2D eigenvalue weighted by atomic mass is 16.6. The molecule has 0 fully saturated rings. The molecule has 2 amide bonds. The summed E-state index contributed by atoms with van der Waals surface area (Å²) >= 11 is 0. The number of ether oxygens (including phenoxy) is 2. The van der Waals surface area contributed by atoms with Gasteiger partial charge < -0.3 is 20.1 Å². The normalized spacial score (nSPS) is 10.1. The van der Waals surface area contributed by atoms with E-state index in [1.807, 2.05) is 6.07 Å². The van der Waals surface area contributed by atoms with Crippen molar-refractivity contribution in [2.24, 2.45) is 0 Å². The van der Waals surface area contributed by atoms with Crippen LogP contribution in [0.1, 0.15) is 11.1 Å². The summed E-state index contributed by atoms with van der Waals surface area (Å²) in [7, 11) is 1.27. The molecule has 0 aliphatic rings. The molecule has 0 saturated carbocycles. The van der Waals surface area contributed by atoms with Crippen LogP contribution < -0.4 is 15.4 Å². The van der Waals surface area contributed by atoms with Crippen molar-refractivity contribution in [1.82, 2.24) is 5.32 Å². The third-order valence-corrected chi connectivity index (χ3v) is 4.00. The average Bonchev–Trinajstić information content (AvgIpc) is 2.72. The fraction of sp³-hybridized carbons (Fsp3) is 0.250. The Bertz CT molecular complexity index is 945. The topological polar surface area (TPSA) is 137 Å². The van der Waals surface area contributed by atoms with E-state index in [4.69, 9.17) is 9.47 Å². The van der Waals surface area contributed by atoms with Crippen LogP contribution in [0.5, 0.6) is 5.75 Å². The van der Waals surface area contributed by atoms with Crippen molar-refractivity contribution in [3.63, 3.8) is 0 Å². The first-order chi connectivity index (χ1) is 14.3. The van der Waals surface area contributed by atoms with E-state index in [1.165, 1.54) is 19.2 Å². The largest absolute Gasteiger partial charge is 0.490 e. The van der Waals surface area contributed by atoms with Crippen molar-refractivity contribution in [1.29, 1.82) is 0 Å². The van der Waals surface area contributed by atoms with E-state index in [1.54, 1.807) is 31.2 Å². The molecule has 0 spiro atoms. The number of hydrogen-bond donors (Lipinski definition) is 2. The third kappa shape index (κ3) is 6.59. The first kappa shape index (κ1) is 22.3. The van der Waals surface area contributed by atoms with Crippen molar-refractivity contribution in [2.45, 2.75) is 13.3 Å². The number of hydrogen-bond acceptors (Lipinski definition) is 7. The molecular weight excluding hydrogens is 394 g/mol. The molecule has 158 valence electrons. The number of carbonyl (C=O) groups excluding carboxylic acids is 3. The van der Waals surface area contributed by atoms with Gasteiger partial charge in [-0.3, -0.25) is 24.5 Å². The van der Waals surface area contributed by atoms with Crippen LogP contribution in [-0.4, -0.2) is 43.0 Å². The molecule has 30 heavy (non-hydrogen) atoms. The van der Waals surface area contributed by atoms with Gasteiger partial charge in [-0.15, -0.1) is 0 Å². The minimum atomic E-state index is -0.774. The summed E-state index contributed by atoms with van der Waals surface area (Å²) in [4.78, 5) is 46.0. The van der Waals surface area contributed by atoms with Crippen LogP contribution in [-0.2, 0) is 25.5 Å². The number of methoxy groups -OCH3 is 1. The molecule has 10 heteroatoms. The van der Waals surface area contributed by atoms with Gasteiger partial charge in [-0.05, 0) is 18.1 Å². The fourth-order valence-corrected chi connectivity index (χ4v) is 2.51. The summed E-state index contributed by atoms with van der Waals surface area (Å²) in [5, 5.41) is 15.9. The lowest BCUT2D eigenvalue weighted by molar-refractivity contribution is -0.385. The van der Waals surface area contributed by atoms with E-state index in [-0.39, 0.29) is 36.0 Å². The lowest BCUT2D eigenvalue weighted by atomic mass is 10.1. The Morgan fingerprint density at radius 3 is 2.43 bits per heavy atom. The van der Waals surface area contributed by atoms with E-state index in [9.17, 15) is 24.5 Å². The zero-order valence-electron chi connectivity index (χ0n) is 16.5. The molecule has 0 bridgehead atoms. The Morgan fingerprint density at radius 1 is 1.10 bits per heavy atom. The number of amides is 2. The number of benzene rings is 2. The smallest absolute Gasteiger partial charge is 0.325 e. The molecule has 0 atom stereocenters. The van der Waals surface area contributed by atoms with Gasteiger partial charge in [0, 0.05) is 17.8 Å². The second-order valence-corrected chi connectivity index (χ2v) is 6.24. The first-order valence-corrected chi connectivity index (χ1v) is 8.89. The van der Waals surface area contributed by atoms with E-state index < -0.39 is 23.4 Å². The van der Waals surface area contributed by atoms with Gasteiger partial charge in [-0.1, -0.05) is 30.3 Å². The lowest BCUT2D eigenvalue weighted by Crippen LogP contribution is -2.33. The van der Waals surface area contributed by atoms with Crippen LogP contribution in [0, 0.1) is 17.0 Å². The number of carbonyl (C=O) groups is 3. The number of nitrogens with zero attached hydrogens (tertiary/aromatic N) is 1. The highest BCUT2D eigenvalue weighted by Crippen LogP contribution is 2.32. The standard InChI is InChI=1S/C20H21N3O7/c1-13-8-16(23(27)28)17(29-2)10-15(13)22-19(25)12-30-20(26)11-21-18(24)9-14-6-4-3-5-7-14/h3-8,10H,9,11-12H2,1-2H3,(H,21,24)(H,22,25). The number of nitrogens with one attached hydrogen (secondary N) is 2. The number of aryl methyl sites for hydroxylation is 1. The van der Waals surface area contributed by atoms with Crippen LogP contribution in [0.4, 0.5) is 11.4 Å². The number of rotatable bonds is 9. The van der Waals surface area contributed by atoms with Crippen LogP contribution >= 0.6 is 0 Å². The molecule has 0 saturated heterocycles. The van der Waals surface area contributed by atoms with Crippen molar-refractivity contribution < 1.29 is 28.8 Å². The first-order valence-electron chi connectivity index (χ1n) is 8.89. The molecule has 0 radical (unpaired) electrons. The minimum Gasteiger partial charge on any atom is -0.490 e. The van der Waals surface area contributed by atoms with Gasteiger partial charge in [0.05, 0.1) is 18.5 Å². The van der Waals surface area contributed by atoms with E-state index in [0.717, 1.165) is 5.56 Å². The quantitative estimate of drug-likeness (QED) is 0.362. The molecule has 0 heterocycles. The van der Waals surface area contributed by atoms with Crippen molar-refractivity contribution in [2.75, 3.05) is 25.6 Å². The van der Waals surface area contributed by atoms with Gasteiger partial charge in [0.2, 0.25) is 5.91 Å². The molecule has 0 aliphatic heterocycles. The third-order valence-electron chi connectivity index (χ3n) is 4.00. The van der Waals surface area contributed by atoms with Crippen LogP contribution in [0.25, 0.3) is 0 Å². The molecule has 2 rings (SSSR count). The number of anilines is 1. The van der Waals surface area contributed by atoms with Gasteiger partial charge in [-0.25, -0.2) is 0 Å². The summed E-state index contributed by atoms with van der Waals surface area (Å²) < 4.78 is 9.79. The zero-order chi connectivity index (χ0) is 22.1. The second-order valence-electron chi connectivity index (χ2n) is 6.24. The van der Waals surface area contributed by atoms with Crippen molar-refractivity contribution in [3.8, 4) is 5.75 Å². The van der Waals surface area contributed by atoms with Gasteiger partial charge in [0.1, 0.15) is 6.54 Å². The molecule has 0 aliphatic carbocycles. The van der Waals surface area contributed by atoms with Gasteiger partial charge >= 0.3 is 11.7 Å². The zero-order valence-corrected chi connectivity index (χ0v) is 16.5. The lowest BCUT2D eigenvalue weighted by Gasteiger charge is -2.11. The summed E-state index contributed by atoms with van der Waals surface area (Å²) in [6, 6.07) is 11.6. The Labute approximate surface area is 172 Å². The predicted octanol–water partition coefficient (Wildman–Crippen LogP) is 1.75.